The summed E-state index contributed by atoms with van der Waals surface area (Å²) in [6.45, 7) is 6.71. The highest BCUT2D eigenvalue weighted by Crippen LogP contribution is 2.25. The molecule has 0 saturated heterocycles. The number of likely N-dealkylation sites (N-methyl/N-ethyl adjacent to an activating group) is 2. The van der Waals surface area contributed by atoms with Crippen molar-refractivity contribution < 1.29 is 9.53 Å². The van der Waals surface area contributed by atoms with E-state index in [4.69, 9.17) is 10.5 Å². The molecule has 0 atom stereocenters. The molecule has 0 saturated carbocycles. The number of hydrogen-bond acceptors (Lipinski definition) is 8. The van der Waals surface area contributed by atoms with Crippen LogP contribution in [0.2, 0.25) is 0 Å². The predicted octanol–water partition coefficient (Wildman–Crippen LogP) is 3.25. The van der Waals surface area contributed by atoms with Crippen LogP contribution in [0.25, 0.3) is 16.9 Å². The first kappa shape index (κ1) is 28.1. The molecule has 2 heterocycles. The van der Waals surface area contributed by atoms with Gasteiger partial charge in [0.05, 0.1) is 5.69 Å². The lowest BCUT2D eigenvalue weighted by molar-refractivity contribution is -0.125. The smallest absolute Gasteiger partial charge is 0.335 e. The van der Waals surface area contributed by atoms with Gasteiger partial charge in [-0.3, -0.25) is 13.9 Å². The van der Waals surface area contributed by atoms with Crippen molar-refractivity contribution in [1.82, 2.24) is 29.3 Å². The number of nitrogens with zero attached hydrogens (tertiary/aromatic N) is 6. The van der Waals surface area contributed by atoms with Crippen molar-refractivity contribution in [3.05, 3.63) is 83.1 Å². The normalized spacial score (nSPS) is 11.8. The van der Waals surface area contributed by atoms with Crippen molar-refractivity contribution in [2.75, 3.05) is 25.9 Å². The van der Waals surface area contributed by atoms with Gasteiger partial charge < -0.3 is 20.7 Å². The van der Waals surface area contributed by atoms with Gasteiger partial charge in [0.25, 0.3) is 5.91 Å². The number of nitrogens with two attached hydrogens (primary N) is 1. The first-order chi connectivity index (χ1) is 19.1. The lowest BCUT2D eigenvalue weighted by Crippen LogP contribution is -2.39. The number of imidazole rings is 1. The number of nitrogens with one attached hydrogen (secondary N) is 1. The van der Waals surface area contributed by atoms with Crippen molar-refractivity contribution in [3.8, 4) is 23.3 Å². The summed E-state index contributed by atoms with van der Waals surface area (Å²) >= 11 is 0. The minimum Gasteiger partial charge on any atom is -0.457 e. The molecule has 0 radical (unpaired) electrons. The number of carbonyl (C=O) groups excluding carboxylic acids is 1. The molecule has 0 aliphatic rings. The summed E-state index contributed by atoms with van der Waals surface area (Å²) in [6, 6.07) is 18.4. The number of nitrogen functional groups attached to an aromatic ring is 1. The van der Waals surface area contributed by atoms with Gasteiger partial charge in [0.1, 0.15) is 35.0 Å². The maximum atomic E-state index is 13.6. The maximum absolute atomic E-state index is 13.6. The largest absolute Gasteiger partial charge is 0.457 e. The van der Waals surface area contributed by atoms with Gasteiger partial charge in [0, 0.05) is 25.7 Å². The van der Waals surface area contributed by atoms with Gasteiger partial charge in [-0.2, -0.15) is 5.26 Å². The fourth-order valence-corrected chi connectivity index (χ4v) is 4.40. The zero-order chi connectivity index (χ0) is 28.9. The highest BCUT2D eigenvalue weighted by atomic mass is 16.5. The number of rotatable bonds is 10. The van der Waals surface area contributed by atoms with Crippen molar-refractivity contribution in [2.24, 2.45) is 0 Å². The predicted molar refractivity (Wildman–Crippen MR) is 153 cm³/mol. The summed E-state index contributed by atoms with van der Waals surface area (Å²) in [7, 11) is 1.59. The molecule has 11 heteroatoms. The van der Waals surface area contributed by atoms with Crippen molar-refractivity contribution >= 4 is 22.9 Å². The van der Waals surface area contributed by atoms with E-state index in [1.54, 1.807) is 37.4 Å². The average Bonchev–Trinajstić information content (AvgIpc) is 3.23. The van der Waals surface area contributed by atoms with Crippen LogP contribution >= 0.6 is 0 Å². The number of aromatic nitrogens is 4. The molecule has 40 heavy (non-hydrogen) atoms. The molecule has 0 spiro atoms. The van der Waals surface area contributed by atoms with Crippen molar-refractivity contribution in [1.29, 1.82) is 5.26 Å². The highest BCUT2D eigenvalue weighted by molar-refractivity contribution is 5.97. The second-order valence-corrected chi connectivity index (χ2v) is 9.76. The molecular formula is C29H32N8O3. The van der Waals surface area contributed by atoms with E-state index in [2.05, 4.69) is 15.3 Å². The number of carbonyl (C=O) groups is 1. The number of fused-ring (bicyclic) bond motifs is 1. The van der Waals surface area contributed by atoms with Gasteiger partial charge >= 0.3 is 5.69 Å². The molecule has 2 aromatic heterocycles. The van der Waals surface area contributed by atoms with Crippen LogP contribution in [0, 0.1) is 11.3 Å². The molecule has 4 aromatic rings. The summed E-state index contributed by atoms with van der Waals surface area (Å²) in [6.07, 6.45) is 2.91. The summed E-state index contributed by atoms with van der Waals surface area (Å²) in [5.74, 6) is 1.01. The van der Waals surface area contributed by atoms with Crippen LogP contribution in [0.15, 0.2) is 77.4 Å². The first-order valence-electron chi connectivity index (χ1n) is 12.8. The second-order valence-electron chi connectivity index (χ2n) is 9.76. The summed E-state index contributed by atoms with van der Waals surface area (Å²) in [4.78, 5) is 36.5. The Labute approximate surface area is 232 Å². The van der Waals surface area contributed by atoms with Crippen LogP contribution in [0.3, 0.4) is 0 Å². The van der Waals surface area contributed by atoms with Crippen LogP contribution < -0.4 is 21.5 Å². The van der Waals surface area contributed by atoms with Gasteiger partial charge in [-0.25, -0.2) is 14.8 Å². The molecule has 1 amide bonds. The minimum atomic E-state index is -0.531. The number of nitriles is 1. The molecular weight excluding hydrogens is 508 g/mol. The number of anilines is 1. The summed E-state index contributed by atoms with van der Waals surface area (Å²) in [5.41, 5.74) is 6.56. The Morgan fingerprint density at radius 3 is 2.48 bits per heavy atom. The van der Waals surface area contributed by atoms with Crippen LogP contribution in [-0.2, 0) is 11.3 Å². The zero-order valence-corrected chi connectivity index (χ0v) is 23.0. The third-order valence-corrected chi connectivity index (χ3v) is 6.30. The van der Waals surface area contributed by atoms with Gasteiger partial charge in [-0.1, -0.05) is 25.1 Å². The van der Waals surface area contributed by atoms with E-state index in [9.17, 15) is 14.9 Å². The average molecular weight is 541 g/mol. The standard InChI is InChI=1S/C29H32N8O3/c1-5-34-29(2,3)17-20(18-30)27(38)35(4)15-16-36-26-24(25(31)32-19-33-26)37(28(36)39)21-11-13-23(14-12-21)40-22-9-7-6-8-10-22/h6-14,17,19,34H,5,15-16H2,1-4H3,(H2,31,32,33). The minimum absolute atomic E-state index is 0.0209. The molecule has 2 aromatic carbocycles. The van der Waals surface area contributed by atoms with Crippen LogP contribution in [0.5, 0.6) is 11.5 Å². The summed E-state index contributed by atoms with van der Waals surface area (Å²) < 4.78 is 8.76. The molecule has 0 unspecified atom stereocenters. The molecule has 206 valence electrons. The second kappa shape index (κ2) is 11.8. The Balaban J connectivity index is 1.61. The summed E-state index contributed by atoms with van der Waals surface area (Å²) in [5, 5.41) is 12.8. The molecule has 0 aliphatic carbocycles. The monoisotopic (exact) mass is 540 g/mol. The van der Waals surface area contributed by atoms with Crippen LogP contribution in [0.1, 0.15) is 20.8 Å². The molecule has 0 fully saturated rings. The topological polar surface area (TPSA) is 144 Å². The Bertz CT molecular complexity index is 1630. The number of amides is 1. The zero-order valence-electron chi connectivity index (χ0n) is 23.0. The molecule has 11 nitrogen and oxygen atoms in total. The van der Waals surface area contributed by atoms with Gasteiger partial charge in [-0.05, 0) is 62.9 Å². The van der Waals surface area contributed by atoms with E-state index in [1.165, 1.54) is 20.4 Å². The first-order valence-corrected chi connectivity index (χ1v) is 12.8. The Kier molecular flexibility index (Phi) is 8.31. The van der Waals surface area contributed by atoms with E-state index < -0.39 is 11.4 Å². The molecule has 4 rings (SSSR count). The SMILES string of the molecule is CCNC(C)(C)C=C(C#N)C(=O)N(C)CCn1c(=O)n(-c2ccc(Oc3ccccc3)cc2)c2c(N)ncnc21. The van der Waals surface area contributed by atoms with E-state index in [0.29, 0.717) is 34.9 Å². The highest BCUT2D eigenvalue weighted by Gasteiger charge is 2.23. The van der Waals surface area contributed by atoms with E-state index in [1.807, 2.05) is 57.2 Å². The van der Waals surface area contributed by atoms with E-state index in [0.717, 1.165) is 0 Å². The Morgan fingerprint density at radius 1 is 1.15 bits per heavy atom. The number of para-hydroxylation sites is 1. The number of ether oxygens (including phenoxy) is 1. The van der Waals surface area contributed by atoms with Crippen molar-refractivity contribution in [2.45, 2.75) is 32.9 Å². The molecule has 3 N–H and O–H groups in total. The van der Waals surface area contributed by atoms with Crippen LogP contribution in [0.4, 0.5) is 5.82 Å². The van der Waals surface area contributed by atoms with Crippen molar-refractivity contribution in [3.63, 3.8) is 0 Å². The van der Waals surface area contributed by atoms with E-state index in [-0.39, 0.29) is 30.2 Å². The molecule has 0 aliphatic heterocycles. The third kappa shape index (κ3) is 6.03. The number of benzene rings is 2. The maximum Gasteiger partial charge on any atom is 0.335 e. The molecule has 0 bridgehead atoms. The lowest BCUT2D eigenvalue weighted by atomic mass is 10.0. The number of hydrogen-bond donors (Lipinski definition) is 2. The lowest BCUT2D eigenvalue weighted by Gasteiger charge is -2.23. The fourth-order valence-electron chi connectivity index (χ4n) is 4.40. The fraction of sp³-hybridized carbons (Fsp3) is 0.276. The van der Waals surface area contributed by atoms with E-state index >= 15 is 0 Å². The van der Waals surface area contributed by atoms with Gasteiger partial charge in [0.15, 0.2) is 11.5 Å². The Hall–Kier alpha value is -4.95. The quantitative estimate of drug-likeness (QED) is 0.230. The third-order valence-electron chi connectivity index (χ3n) is 6.30. The van der Waals surface area contributed by atoms with Crippen LogP contribution in [-0.4, -0.2) is 55.6 Å². The van der Waals surface area contributed by atoms with Gasteiger partial charge in [0.2, 0.25) is 0 Å². The van der Waals surface area contributed by atoms with Gasteiger partial charge in [-0.15, -0.1) is 0 Å². The Morgan fingerprint density at radius 2 is 1.82 bits per heavy atom.